The van der Waals surface area contributed by atoms with Crippen molar-refractivity contribution >= 4 is 18.1 Å². The average molecular weight is 386 g/mol. The lowest BCUT2D eigenvalue weighted by molar-refractivity contribution is -0.170. The highest BCUT2D eigenvalue weighted by atomic mass is 19.3. The molecule has 0 amide bonds. The van der Waals surface area contributed by atoms with E-state index in [9.17, 15) is 23.2 Å². The van der Waals surface area contributed by atoms with Crippen LogP contribution in [0.2, 0.25) is 0 Å². The van der Waals surface area contributed by atoms with E-state index in [-0.39, 0.29) is 11.3 Å². The molecule has 1 aliphatic carbocycles. The third kappa shape index (κ3) is 5.90. The Bertz CT molecular complexity index is 694. The molecule has 0 atom stereocenters. The molecule has 7 nitrogen and oxygen atoms in total. The summed E-state index contributed by atoms with van der Waals surface area (Å²) in [5.41, 5.74) is -0.662. The van der Waals surface area contributed by atoms with E-state index in [2.05, 4.69) is 4.74 Å². The molecule has 0 bridgehead atoms. The van der Waals surface area contributed by atoms with E-state index in [4.69, 9.17) is 14.6 Å². The van der Waals surface area contributed by atoms with Gasteiger partial charge in [-0.15, -0.1) is 0 Å². The maximum absolute atomic E-state index is 12.9. The lowest BCUT2D eigenvalue weighted by Crippen LogP contribution is -2.35. The molecular formula is C18H20F2O7. The molecule has 0 heterocycles. The lowest BCUT2D eigenvalue weighted by Gasteiger charge is -2.32. The molecule has 1 aromatic carbocycles. The molecular weight excluding hydrogens is 366 g/mol. The van der Waals surface area contributed by atoms with Crippen LogP contribution >= 0.6 is 0 Å². The second kappa shape index (κ2) is 8.32. The van der Waals surface area contributed by atoms with Crippen molar-refractivity contribution in [3.05, 3.63) is 29.8 Å². The number of ether oxygens (including phenoxy) is 3. The Balaban J connectivity index is 1.88. The van der Waals surface area contributed by atoms with Gasteiger partial charge in [0.05, 0.1) is 5.56 Å². The number of carboxylic acids is 1. The third-order valence-corrected chi connectivity index (χ3v) is 4.23. The monoisotopic (exact) mass is 386 g/mol. The van der Waals surface area contributed by atoms with Gasteiger partial charge in [0, 0.05) is 0 Å². The average Bonchev–Trinajstić information content (AvgIpc) is 2.60. The van der Waals surface area contributed by atoms with Gasteiger partial charge in [0.1, 0.15) is 11.4 Å². The topological polar surface area (TPSA) is 99.1 Å². The zero-order valence-electron chi connectivity index (χ0n) is 14.7. The van der Waals surface area contributed by atoms with E-state index in [1.807, 2.05) is 6.92 Å². The molecule has 148 valence electrons. The predicted octanol–water partition coefficient (Wildman–Crippen LogP) is 3.80. The van der Waals surface area contributed by atoms with Gasteiger partial charge in [0.15, 0.2) is 6.61 Å². The molecule has 0 spiro atoms. The van der Waals surface area contributed by atoms with E-state index in [0.29, 0.717) is 0 Å². The first-order chi connectivity index (χ1) is 12.6. The van der Waals surface area contributed by atoms with Crippen molar-refractivity contribution in [2.24, 2.45) is 0 Å². The largest absolute Gasteiger partial charge is 0.514 e. The third-order valence-electron chi connectivity index (χ3n) is 4.23. The Hall–Kier alpha value is -2.71. The minimum Gasteiger partial charge on any atom is -0.477 e. The number of aliphatic carboxylic acids is 1. The molecule has 9 heteroatoms. The van der Waals surface area contributed by atoms with Crippen LogP contribution in [0.1, 0.15) is 49.4 Å². The van der Waals surface area contributed by atoms with Gasteiger partial charge >= 0.3 is 24.0 Å². The van der Waals surface area contributed by atoms with Crippen molar-refractivity contribution in [3.8, 4) is 5.75 Å². The summed E-state index contributed by atoms with van der Waals surface area (Å²) in [7, 11) is 0. The molecule has 1 fully saturated rings. The van der Waals surface area contributed by atoms with Crippen LogP contribution in [-0.4, -0.2) is 41.3 Å². The zero-order chi connectivity index (χ0) is 20.1. The normalized spacial score (nSPS) is 16.3. The highest BCUT2D eigenvalue weighted by molar-refractivity contribution is 5.90. The van der Waals surface area contributed by atoms with Gasteiger partial charge in [0.25, 0.3) is 0 Å². The maximum Gasteiger partial charge on any atom is 0.514 e. The summed E-state index contributed by atoms with van der Waals surface area (Å²) in [5.74, 6) is -7.58. The van der Waals surface area contributed by atoms with Gasteiger partial charge in [-0.1, -0.05) is 6.42 Å². The fourth-order valence-corrected chi connectivity index (χ4v) is 2.68. The fraction of sp³-hybridized carbons (Fsp3) is 0.500. The number of esters is 1. The highest BCUT2D eigenvalue weighted by Crippen LogP contribution is 2.31. The first kappa shape index (κ1) is 20.6. The van der Waals surface area contributed by atoms with Gasteiger partial charge in [-0.3, -0.25) is 0 Å². The number of alkyl halides is 2. The minimum absolute atomic E-state index is 0.101. The molecule has 0 aromatic heterocycles. The number of halogens is 2. The molecule has 0 aliphatic heterocycles. The lowest BCUT2D eigenvalue weighted by atomic mass is 9.86. The van der Waals surface area contributed by atoms with E-state index < -0.39 is 36.2 Å². The van der Waals surface area contributed by atoms with Crippen molar-refractivity contribution in [1.82, 2.24) is 0 Å². The number of carbonyl (C=O) groups excluding carboxylic acids is 2. The maximum atomic E-state index is 12.9. The van der Waals surface area contributed by atoms with Crippen molar-refractivity contribution in [3.63, 3.8) is 0 Å². The van der Waals surface area contributed by atoms with E-state index in [0.717, 1.165) is 32.1 Å². The summed E-state index contributed by atoms with van der Waals surface area (Å²) >= 11 is 0. The number of benzene rings is 1. The van der Waals surface area contributed by atoms with Crippen molar-refractivity contribution in [2.75, 3.05) is 6.61 Å². The minimum atomic E-state index is -4.17. The summed E-state index contributed by atoms with van der Waals surface area (Å²) in [4.78, 5) is 33.9. The van der Waals surface area contributed by atoms with Crippen molar-refractivity contribution in [1.29, 1.82) is 0 Å². The molecule has 0 radical (unpaired) electrons. The number of hydrogen-bond acceptors (Lipinski definition) is 6. The summed E-state index contributed by atoms with van der Waals surface area (Å²) in [6.45, 7) is 0.268. The van der Waals surface area contributed by atoms with E-state index in [1.165, 1.54) is 24.3 Å². The van der Waals surface area contributed by atoms with Gasteiger partial charge < -0.3 is 19.3 Å². The number of rotatable bonds is 6. The van der Waals surface area contributed by atoms with Crippen LogP contribution in [0.5, 0.6) is 5.75 Å². The molecule has 1 saturated carbocycles. The van der Waals surface area contributed by atoms with Crippen LogP contribution in [0.15, 0.2) is 24.3 Å². The number of carboxylic acid groups (broad SMARTS) is 1. The SMILES string of the molecule is CC1(OC(=O)Oc2ccc(C(=O)OCC(F)(F)C(=O)O)cc2)CCCCC1. The zero-order valence-corrected chi connectivity index (χ0v) is 14.7. The van der Waals surface area contributed by atoms with Gasteiger partial charge in [0.2, 0.25) is 0 Å². The molecule has 0 saturated heterocycles. The van der Waals surface area contributed by atoms with Gasteiger partial charge in [-0.25, -0.2) is 14.4 Å². The quantitative estimate of drug-likeness (QED) is 0.586. The molecule has 1 aromatic rings. The van der Waals surface area contributed by atoms with E-state index >= 15 is 0 Å². The van der Waals surface area contributed by atoms with Crippen LogP contribution in [0.4, 0.5) is 13.6 Å². The molecule has 0 unspecified atom stereocenters. The Morgan fingerprint density at radius 1 is 1.11 bits per heavy atom. The Labute approximate surface area is 154 Å². The molecule has 1 N–H and O–H groups in total. The Morgan fingerprint density at radius 3 is 2.26 bits per heavy atom. The van der Waals surface area contributed by atoms with Crippen LogP contribution in [0, 0.1) is 0 Å². The number of carbonyl (C=O) groups is 3. The summed E-state index contributed by atoms with van der Waals surface area (Å²) in [6, 6.07) is 4.95. The first-order valence-corrected chi connectivity index (χ1v) is 8.41. The van der Waals surface area contributed by atoms with Crippen LogP contribution in [0.3, 0.4) is 0 Å². The van der Waals surface area contributed by atoms with Gasteiger partial charge in [-0.05, 0) is 56.9 Å². The second-order valence-electron chi connectivity index (χ2n) is 6.57. The second-order valence-corrected chi connectivity index (χ2v) is 6.57. The molecule has 27 heavy (non-hydrogen) atoms. The van der Waals surface area contributed by atoms with E-state index in [1.54, 1.807) is 0 Å². The van der Waals surface area contributed by atoms with Gasteiger partial charge in [-0.2, -0.15) is 8.78 Å². The van der Waals surface area contributed by atoms with Crippen LogP contribution < -0.4 is 4.74 Å². The molecule has 1 aliphatic rings. The van der Waals surface area contributed by atoms with Crippen LogP contribution in [0.25, 0.3) is 0 Å². The van der Waals surface area contributed by atoms with Crippen molar-refractivity contribution in [2.45, 2.75) is 50.6 Å². The predicted molar refractivity (Wildman–Crippen MR) is 87.9 cm³/mol. The molecule has 2 rings (SSSR count). The first-order valence-electron chi connectivity index (χ1n) is 8.41. The Morgan fingerprint density at radius 2 is 1.70 bits per heavy atom. The summed E-state index contributed by atoms with van der Waals surface area (Å²) in [5, 5.41) is 8.28. The Kier molecular flexibility index (Phi) is 6.35. The number of hydrogen-bond donors (Lipinski definition) is 1. The van der Waals surface area contributed by atoms with Crippen molar-refractivity contribution < 1.29 is 42.5 Å². The van der Waals surface area contributed by atoms with Crippen LogP contribution in [-0.2, 0) is 14.3 Å². The standard InChI is InChI=1S/C18H20F2O7/c1-17(9-3-2-4-10-17)27-16(24)26-13-7-5-12(6-8-13)14(21)25-11-18(19,20)15(22)23/h5-8H,2-4,9-11H2,1H3,(H,22,23). The highest BCUT2D eigenvalue weighted by Gasteiger charge is 2.40. The smallest absolute Gasteiger partial charge is 0.477 e. The fourth-order valence-electron chi connectivity index (χ4n) is 2.68. The summed E-state index contributed by atoms with van der Waals surface area (Å²) < 4.78 is 40.5. The summed E-state index contributed by atoms with van der Waals surface area (Å²) in [6.07, 6.45) is 3.70.